The van der Waals surface area contributed by atoms with Crippen LogP contribution in [0.5, 0.6) is 0 Å². The Kier molecular flexibility index (Phi) is 4.10. The molecule has 5 nitrogen and oxygen atoms in total. The molecule has 0 aliphatic rings. The molecule has 0 radical (unpaired) electrons. The summed E-state index contributed by atoms with van der Waals surface area (Å²) in [5.74, 6) is -0.115. The maximum Gasteiger partial charge on any atom is 0.396 e. The first-order valence-electron chi connectivity index (χ1n) is 4.77. The maximum atomic E-state index is 11.1. The number of carbonyl (C=O) groups excluding carboxylic acids is 1. The van der Waals surface area contributed by atoms with Crippen LogP contribution in [0, 0.1) is 0 Å². The summed E-state index contributed by atoms with van der Waals surface area (Å²) in [4.78, 5) is 11.1. The van der Waals surface area contributed by atoms with Gasteiger partial charge in [0, 0.05) is 6.42 Å². The van der Waals surface area contributed by atoms with E-state index >= 15 is 0 Å². The molecule has 0 aromatic carbocycles. The first-order chi connectivity index (χ1) is 6.77. The number of unbranched alkanes of at least 4 members (excludes halogenated alkanes) is 1. The van der Waals surface area contributed by atoms with E-state index in [9.17, 15) is 4.79 Å². The molecule has 0 saturated heterocycles. The molecule has 1 rings (SSSR count). The molecule has 1 heterocycles. The molecule has 5 heteroatoms. The van der Waals surface area contributed by atoms with Gasteiger partial charge in [0.05, 0.1) is 6.61 Å². The Bertz CT molecular complexity index is 296. The van der Waals surface area contributed by atoms with Crippen LogP contribution in [0.4, 0.5) is 0 Å². The third-order valence-electron chi connectivity index (χ3n) is 1.66. The lowest BCUT2D eigenvalue weighted by atomic mass is 10.2. The van der Waals surface area contributed by atoms with Crippen molar-refractivity contribution in [1.29, 1.82) is 0 Å². The van der Waals surface area contributed by atoms with Crippen molar-refractivity contribution in [1.82, 2.24) is 10.2 Å². The molecule has 0 atom stereocenters. The molecule has 1 aromatic heterocycles. The number of nitrogens with zero attached hydrogens (tertiary/aromatic N) is 2. The van der Waals surface area contributed by atoms with E-state index in [1.807, 2.05) is 0 Å². The largest absolute Gasteiger partial charge is 0.459 e. The summed E-state index contributed by atoms with van der Waals surface area (Å²) in [5.41, 5.74) is 0. The summed E-state index contributed by atoms with van der Waals surface area (Å²) in [6, 6.07) is 0. The molecule has 0 amide bonds. The molecule has 0 bridgehead atoms. The van der Waals surface area contributed by atoms with Crippen molar-refractivity contribution in [2.45, 2.75) is 33.1 Å². The first-order valence-corrected chi connectivity index (χ1v) is 4.77. The molecular weight excluding hydrogens is 184 g/mol. The Hall–Kier alpha value is -1.39. The fraction of sp³-hybridized carbons (Fsp3) is 0.667. The van der Waals surface area contributed by atoms with Crippen LogP contribution in [-0.2, 0) is 11.2 Å². The zero-order valence-corrected chi connectivity index (χ0v) is 8.45. The van der Waals surface area contributed by atoms with E-state index in [2.05, 4.69) is 17.1 Å². The van der Waals surface area contributed by atoms with Gasteiger partial charge in [-0.25, -0.2) is 4.79 Å². The van der Waals surface area contributed by atoms with E-state index in [0.29, 0.717) is 18.9 Å². The summed E-state index contributed by atoms with van der Waals surface area (Å²) in [7, 11) is 0. The Balaban J connectivity index is 2.54. The topological polar surface area (TPSA) is 65.2 Å². The number of hydrogen-bond donors (Lipinski definition) is 0. The number of rotatable bonds is 5. The predicted molar refractivity (Wildman–Crippen MR) is 48.9 cm³/mol. The Morgan fingerprint density at radius 3 is 2.86 bits per heavy atom. The highest BCUT2D eigenvalue weighted by Crippen LogP contribution is 2.05. The molecule has 0 saturated carbocycles. The maximum absolute atomic E-state index is 11.1. The lowest BCUT2D eigenvalue weighted by molar-refractivity contribution is 0.0478. The molecule has 0 unspecified atom stereocenters. The smallest absolute Gasteiger partial charge is 0.396 e. The van der Waals surface area contributed by atoms with Crippen LogP contribution in [0.15, 0.2) is 4.42 Å². The minimum Gasteiger partial charge on any atom is -0.459 e. The molecular formula is C9H14N2O3. The second kappa shape index (κ2) is 5.36. The van der Waals surface area contributed by atoms with E-state index < -0.39 is 5.97 Å². The Morgan fingerprint density at radius 1 is 1.43 bits per heavy atom. The standard InChI is InChI=1S/C9H14N2O3/c1-3-5-6-7-10-11-8(14-7)9(12)13-4-2/h3-6H2,1-2H3. The highest BCUT2D eigenvalue weighted by Gasteiger charge is 2.14. The minimum absolute atomic E-state index is 0.0575. The fourth-order valence-electron chi connectivity index (χ4n) is 0.958. The number of aromatic nitrogens is 2. The van der Waals surface area contributed by atoms with Crippen LogP contribution in [0.3, 0.4) is 0 Å². The summed E-state index contributed by atoms with van der Waals surface area (Å²) < 4.78 is 9.81. The summed E-state index contributed by atoms with van der Waals surface area (Å²) in [6.07, 6.45) is 2.74. The highest BCUT2D eigenvalue weighted by molar-refractivity contribution is 5.83. The monoisotopic (exact) mass is 198 g/mol. The minimum atomic E-state index is -0.553. The van der Waals surface area contributed by atoms with Gasteiger partial charge in [-0.3, -0.25) is 0 Å². The molecule has 0 spiro atoms. The quantitative estimate of drug-likeness (QED) is 0.672. The van der Waals surface area contributed by atoms with E-state index in [-0.39, 0.29) is 5.89 Å². The molecule has 14 heavy (non-hydrogen) atoms. The van der Waals surface area contributed by atoms with Crippen molar-refractivity contribution in [3.63, 3.8) is 0 Å². The summed E-state index contributed by atoms with van der Waals surface area (Å²) in [6.45, 7) is 4.11. The van der Waals surface area contributed by atoms with Crippen molar-refractivity contribution in [2.24, 2.45) is 0 Å². The third-order valence-corrected chi connectivity index (χ3v) is 1.66. The van der Waals surface area contributed by atoms with Crippen LogP contribution in [0.25, 0.3) is 0 Å². The Labute approximate surface area is 82.5 Å². The van der Waals surface area contributed by atoms with Crippen molar-refractivity contribution in [2.75, 3.05) is 6.61 Å². The zero-order chi connectivity index (χ0) is 10.4. The second-order valence-electron chi connectivity index (χ2n) is 2.82. The SMILES string of the molecule is CCCCc1nnc(C(=O)OCC)o1. The van der Waals surface area contributed by atoms with Gasteiger partial charge in [0.2, 0.25) is 5.89 Å². The van der Waals surface area contributed by atoms with Gasteiger partial charge in [-0.1, -0.05) is 13.3 Å². The zero-order valence-electron chi connectivity index (χ0n) is 8.45. The van der Waals surface area contributed by atoms with Crippen LogP contribution in [0.2, 0.25) is 0 Å². The second-order valence-corrected chi connectivity index (χ2v) is 2.82. The highest BCUT2D eigenvalue weighted by atomic mass is 16.5. The fourth-order valence-corrected chi connectivity index (χ4v) is 0.958. The van der Waals surface area contributed by atoms with E-state index in [4.69, 9.17) is 9.15 Å². The summed E-state index contributed by atoms with van der Waals surface area (Å²) >= 11 is 0. The molecule has 0 N–H and O–H groups in total. The number of carbonyl (C=O) groups is 1. The van der Waals surface area contributed by atoms with Crippen molar-refractivity contribution >= 4 is 5.97 Å². The van der Waals surface area contributed by atoms with Crippen LogP contribution >= 0.6 is 0 Å². The van der Waals surface area contributed by atoms with Gasteiger partial charge in [0.25, 0.3) is 0 Å². The first kappa shape index (κ1) is 10.7. The number of aryl methyl sites for hydroxylation is 1. The van der Waals surface area contributed by atoms with Crippen LogP contribution < -0.4 is 0 Å². The van der Waals surface area contributed by atoms with Gasteiger partial charge in [-0.15, -0.1) is 10.2 Å². The van der Waals surface area contributed by atoms with Gasteiger partial charge in [-0.2, -0.15) is 0 Å². The van der Waals surface area contributed by atoms with E-state index in [1.54, 1.807) is 6.92 Å². The molecule has 0 aliphatic heterocycles. The van der Waals surface area contributed by atoms with Gasteiger partial charge >= 0.3 is 11.9 Å². The molecule has 0 fully saturated rings. The molecule has 1 aromatic rings. The van der Waals surface area contributed by atoms with Crippen molar-refractivity contribution < 1.29 is 13.9 Å². The normalized spacial score (nSPS) is 10.1. The molecule has 78 valence electrons. The van der Waals surface area contributed by atoms with Crippen molar-refractivity contribution in [3.8, 4) is 0 Å². The lowest BCUT2D eigenvalue weighted by Crippen LogP contribution is -2.04. The average Bonchev–Trinajstić information content (AvgIpc) is 2.63. The van der Waals surface area contributed by atoms with Crippen LogP contribution in [-0.4, -0.2) is 22.8 Å². The van der Waals surface area contributed by atoms with Gasteiger partial charge in [0.15, 0.2) is 0 Å². The van der Waals surface area contributed by atoms with Crippen molar-refractivity contribution in [3.05, 3.63) is 11.8 Å². The van der Waals surface area contributed by atoms with E-state index in [1.165, 1.54) is 0 Å². The summed E-state index contributed by atoms with van der Waals surface area (Å²) in [5, 5.41) is 7.34. The third kappa shape index (κ3) is 2.83. The molecule has 0 aliphatic carbocycles. The Morgan fingerprint density at radius 2 is 2.21 bits per heavy atom. The van der Waals surface area contributed by atoms with Gasteiger partial charge in [-0.05, 0) is 13.3 Å². The predicted octanol–water partition coefficient (Wildman–Crippen LogP) is 1.59. The van der Waals surface area contributed by atoms with E-state index in [0.717, 1.165) is 12.8 Å². The average molecular weight is 198 g/mol. The number of hydrogen-bond acceptors (Lipinski definition) is 5. The number of esters is 1. The van der Waals surface area contributed by atoms with Crippen LogP contribution in [0.1, 0.15) is 43.3 Å². The lowest BCUT2D eigenvalue weighted by Gasteiger charge is -1.94. The van der Waals surface area contributed by atoms with Gasteiger partial charge < -0.3 is 9.15 Å². The van der Waals surface area contributed by atoms with Gasteiger partial charge in [0.1, 0.15) is 0 Å². The number of ether oxygens (including phenoxy) is 1.